The van der Waals surface area contributed by atoms with Crippen LogP contribution in [0.4, 0.5) is 10.1 Å². The van der Waals surface area contributed by atoms with E-state index in [0.29, 0.717) is 23.9 Å². The number of halogens is 2. The van der Waals surface area contributed by atoms with E-state index in [-0.39, 0.29) is 18.2 Å². The van der Waals surface area contributed by atoms with Crippen LogP contribution in [0.2, 0.25) is 0 Å². The third kappa shape index (κ3) is 3.14. The average molecular weight is 416 g/mol. The van der Waals surface area contributed by atoms with Crippen molar-refractivity contribution in [3.05, 3.63) is 64.2 Å². The SMILES string of the molecule is Cc1ccc(F)c(N2CC(c3nc(-c4ccc(Br)cc4)no3)CC2=O)c1. The number of rotatable bonds is 3. The molecule has 1 fully saturated rings. The molecule has 26 heavy (non-hydrogen) atoms. The number of anilines is 1. The molecule has 0 aliphatic carbocycles. The van der Waals surface area contributed by atoms with Crippen molar-refractivity contribution in [2.75, 3.05) is 11.4 Å². The van der Waals surface area contributed by atoms with Gasteiger partial charge in [-0.3, -0.25) is 4.79 Å². The lowest BCUT2D eigenvalue weighted by Crippen LogP contribution is -2.25. The topological polar surface area (TPSA) is 59.2 Å². The van der Waals surface area contributed by atoms with Gasteiger partial charge in [0.05, 0.1) is 11.6 Å². The van der Waals surface area contributed by atoms with Crippen LogP contribution in [-0.4, -0.2) is 22.6 Å². The van der Waals surface area contributed by atoms with Gasteiger partial charge >= 0.3 is 0 Å². The normalized spacial score (nSPS) is 17.1. The summed E-state index contributed by atoms with van der Waals surface area (Å²) >= 11 is 3.39. The largest absolute Gasteiger partial charge is 0.339 e. The van der Waals surface area contributed by atoms with Gasteiger partial charge in [-0.05, 0) is 48.9 Å². The molecule has 0 bridgehead atoms. The molecular weight excluding hydrogens is 401 g/mol. The van der Waals surface area contributed by atoms with Gasteiger partial charge < -0.3 is 9.42 Å². The smallest absolute Gasteiger partial charge is 0.232 e. The number of hydrogen-bond acceptors (Lipinski definition) is 4. The van der Waals surface area contributed by atoms with E-state index >= 15 is 0 Å². The summed E-state index contributed by atoms with van der Waals surface area (Å²) in [6.07, 6.45) is 0.218. The second kappa shape index (κ2) is 6.64. The summed E-state index contributed by atoms with van der Waals surface area (Å²) in [5.74, 6) is 0.0552. The Morgan fingerprint density at radius 3 is 2.77 bits per heavy atom. The summed E-state index contributed by atoms with van der Waals surface area (Å²) in [6, 6.07) is 12.3. The molecule has 2 heterocycles. The number of carbonyl (C=O) groups excluding carboxylic acids is 1. The second-order valence-electron chi connectivity index (χ2n) is 6.32. The van der Waals surface area contributed by atoms with Crippen molar-refractivity contribution in [1.29, 1.82) is 0 Å². The number of aryl methyl sites for hydroxylation is 1. The number of hydrogen-bond donors (Lipinski definition) is 0. The molecule has 1 amide bonds. The van der Waals surface area contributed by atoms with Gasteiger partial charge in [0.2, 0.25) is 17.6 Å². The molecule has 1 saturated heterocycles. The molecule has 1 atom stereocenters. The van der Waals surface area contributed by atoms with E-state index in [2.05, 4.69) is 26.1 Å². The Kier molecular flexibility index (Phi) is 4.32. The first-order valence-corrected chi connectivity index (χ1v) is 8.96. The molecule has 5 nitrogen and oxygen atoms in total. The van der Waals surface area contributed by atoms with E-state index in [9.17, 15) is 9.18 Å². The highest BCUT2D eigenvalue weighted by Crippen LogP contribution is 2.33. The number of aromatic nitrogens is 2. The molecule has 1 aliphatic rings. The van der Waals surface area contributed by atoms with Crippen LogP contribution in [0.15, 0.2) is 51.5 Å². The van der Waals surface area contributed by atoms with Crippen LogP contribution < -0.4 is 4.90 Å². The number of benzene rings is 2. The predicted molar refractivity (Wildman–Crippen MR) is 98.3 cm³/mol. The Bertz CT molecular complexity index is 971. The number of nitrogens with zero attached hydrogens (tertiary/aromatic N) is 3. The van der Waals surface area contributed by atoms with Gasteiger partial charge in [0.25, 0.3) is 0 Å². The summed E-state index contributed by atoms with van der Waals surface area (Å²) in [6.45, 7) is 2.19. The van der Waals surface area contributed by atoms with Crippen molar-refractivity contribution in [2.45, 2.75) is 19.3 Å². The Hall–Kier alpha value is -2.54. The minimum Gasteiger partial charge on any atom is -0.339 e. The van der Waals surface area contributed by atoms with Crippen LogP contribution in [-0.2, 0) is 4.79 Å². The first-order valence-electron chi connectivity index (χ1n) is 8.17. The van der Waals surface area contributed by atoms with Crippen molar-refractivity contribution in [3.63, 3.8) is 0 Å². The molecular formula is C19H15BrFN3O2. The van der Waals surface area contributed by atoms with Crippen molar-refractivity contribution >= 4 is 27.5 Å². The first kappa shape index (κ1) is 16.9. The van der Waals surface area contributed by atoms with Gasteiger partial charge in [0.15, 0.2) is 0 Å². The molecule has 0 spiro atoms. The van der Waals surface area contributed by atoms with E-state index in [0.717, 1.165) is 15.6 Å². The zero-order valence-corrected chi connectivity index (χ0v) is 15.5. The standard InChI is InChI=1S/C19H15BrFN3O2/c1-11-2-7-15(21)16(8-11)24-10-13(9-17(24)25)19-22-18(23-26-19)12-3-5-14(20)6-4-12/h2-8,13H,9-10H2,1H3. The summed E-state index contributed by atoms with van der Waals surface area (Å²) in [4.78, 5) is 18.3. The van der Waals surface area contributed by atoms with E-state index in [1.54, 1.807) is 12.1 Å². The van der Waals surface area contributed by atoms with Gasteiger partial charge in [0, 0.05) is 23.0 Å². The monoisotopic (exact) mass is 415 g/mol. The summed E-state index contributed by atoms with van der Waals surface area (Å²) in [5, 5.41) is 4.01. The van der Waals surface area contributed by atoms with E-state index < -0.39 is 5.82 Å². The van der Waals surface area contributed by atoms with Crippen LogP contribution in [0, 0.1) is 12.7 Å². The van der Waals surface area contributed by atoms with Gasteiger partial charge in [-0.2, -0.15) is 4.98 Å². The van der Waals surface area contributed by atoms with Gasteiger partial charge in [-0.1, -0.05) is 27.2 Å². The van der Waals surface area contributed by atoms with Crippen LogP contribution in [0.1, 0.15) is 23.8 Å². The molecule has 4 rings (SSSR count). The first-order chi connectivity index (χ1) is 12.5. The summed E-state index contributed by atoms with van der Waals surface area (Å²) in [7, 11) is 0. The minimum atomic E-state index is -0.411. The lowest BCUT2D eigenvalue weighted by atomic mass is 10.1. The summed E-state index contributed by atoms with van der Waals surface area (Å²) < 4.78 is 20.5. The van der Waals surface area contributed by atoms with Crippen molar-refractivity contribution in [2.24, 2.45) is 0 Å². The average Bonchev–Trinajstić information content (AvgIpc) is 3.25. The fourth-order valence-electron chi connectivity index (χ4n) is 3.05. The van der Waals surface area contributed by atoms with Crippen LogP contribution in [0.3, 0.4) is 0 Å². The van der Waals surface area contributed by atoms with Gasteiger partial charge in [-0.15, -0.1) is 0 Å². The maximum Gasteiger partial charge on any atom is 0.232 e. The molecule has 132 valence electrons. The Morgan fingerprint density at radius 2 is 2.00 bits per heavy atom. The molecule has 2 aromatic carbocycles. The third-order valence-corrected chi connectivity index (χ3v) is 4.94. The summed E-state index contributed by atoms with van der Waals surface area (Å²) in [5.41, 5.74) is 2.02. The lowest BCUT2D eigenvalue weighted by molar-refractivity contribution is -0.117. The quantitative estimate of drug-likeness (QED) is 0.633. The number of carbonyl (C=O) groups is 1. The highest BCUT2D eigenvalue weighted by atomic mass is 79.9. The molecule has 0 saturated carbocycles. The zero-order valence-electron chi connectivity index (χ0n) is 13.9. The third-order valence-electron chi connectivity index (χ3n) is 4.41. The van der Waals surface area contributed by atoms with Gasteiger partial charge in [0.1, 0.15) is 5.82 Å². The Morgan fingerprint density at radius 1 is 1.23 bits per heavy atom. The van der Waals surface area contributed by atoms with Crippen LogP contribution >= 0.6 is 15.9 Å². The fourth-order valence-corrected chi connectivity index (χ4v) is 3.32. The van der Waals surface area contributed by atoms with E-state index in [1.165, 1.54) is 11.0 Å². The molecule has 1 unspecified atom stereocenters. The molecule has 1 aliphatic heterocycles. The maximum absolute atomic E-state index is 14.1. The Balaban J connectivity index is 1.58. The highest BCUT2D eigenvalue weighted by molar-refractivity contribution is 9.10. The minimum absolute atomic E-state index is 0.150. The van der Waals surface area contributed by atoms with Crippen molar-refractivity contribution in [1.82, 2.24) is 10.1 Å². The second-order valence-corrected chi connectivity index (χ2v) is 7.24. The number of amides is 1. The predicted octanol–water partition coefficient (Wildman–Crippen LogP) is 4.47. The molecule has 7 heteroatoms. The van der Waals surface area contributed by atoms with Crippen LogP contribution in [0.25, 0.3) is 11.4 Å². The van der Waals surface area contributed by atoms with Crippen molar-refractivity contribution < 1.29 is 13.7 Å². The molecule has 0 radical (unpaired) electrons. The molecule has 1 aromatic heterocycles. The fraction of sp³-hybridized carbons (Fsp3) is 0.211. The van der Waals surface area contributed by atoms with Crippen molar-refractivity contribution in [3.8, 4) is 11.4 Å². The van der Waals surface area contributed by atoms with E-state index in [1.807, 2.05) is 31.2 Å². The maximum atomic E-state index is 14.1. The molecule has 0 N–H and O–H groups in total. The molecule has 3 aromatic rings. The van der Waals surface area contributed by atoms with Crippen LogP contribution in [0.5, 0.6) is 0 Å². The highest BCUT2D eigenvalue weighted by Gasteiger charge is 2.36. The zero-order chi connectivity index (χ0) is 18.3. The Labute approximate surface area is 158 Å². The lowest BCUT2D eigenvalue weighted by Gasteiger charge is -2.17. The van der Waals surface area contributed by atoms with E-state index in [4.69, 9.17) is 4.52 Å². The van der Waals surface area contributed by atoms with Gasteiger partial charge in [-0.25, -0.2) is 4.39 Å².